The third kappa shape index (κ3) is 3.11. The smallest absolute Gasteiger partial charge is 0.131 e. The lowest BCUT2D eigenvalue weighted by Gasteiger charge is -2.11. The monoisotopic (exact) mass is 301 g/mol. The van der Waals surface area contributed by atoms with Crippen molar-refractivity contribution >= 4 is 17.0 Å². The fraction of sp³-hybridized carbons (Fsp3) is 0.0588. The first-order valence-electron chi connectivity index (χ1n) is 6.55. The highest BCUT2D eigenvalue weighted by molar-refractivity contribution is 7.13. The molecule has 3 aromatic rings. The Balaban J connectivity index is 1.83. The third-order valence-corrected chi connectivity index (χ3v) is 4.10. The molecule has 106 valence electrons. The summed E-state index contributed by atoms with van der Waals surface area (Å²) >= 11 is 1.65. The van der Waals surface area contributed by atoms with Crippen LogP contribution in [0.1, 0.15) is 5.56 Å². The molecule has 0 aliphatic rings. The summed E-state index contributed by atoms with van der Waals surface area (Å²) < 4.78 is 26.6. The first-order valence-corrected chi connectivity index (χ1v) is 7.43. The van der Waals surface area contributed by atoms with Gasteiger partial charge in [0.2, 0.25) is 0 Å². The molecule has 0 spiro atoms. The van der Waals surface area contributed by atoms with Gasteiger partial charge in [-0.15, -0.1) is 11.3 Å². The van der Waals surface area contributed by atoms with Crippen LogP contribution >= 0.6 is 11.3 Å². The van der Waals surface area contributed by atoms with Gasteiger partial charge < -0.3 is 5.32 Å². The largest absolute Gasteiger partial charge is 0.380 e. The van der Waals surface area contributed by atoms with Crippen molar-refractivity contribution in [2.45, 2.75) is 6.54 Å². The van der Waals surface area contributed by atoms with Crippen molar-refractivity contribution in [3.8, 4) is 10.4 Å². The van der Waals surface area contributed by atoms with Gasteiger partial charge in [0, 0.05) is 34.3 Å². The van der Waals surface area contributed by atoms with Crippen LogP contribution in [-0.4, -0.2) is 0 Å². The molecule has 21 heavy (non-hydrogen) atoms. The summed E-state index contributed by atoms with van der Waals surface area (Å²) in [6.07, 6.45) is 0. The highest BCUT2D eigenvalue weighted by atomic mass is 32.1. The molecule has 1 aromatic heterocycles. The minimum atomic E-state index is -0.560. The van der Waals surface area contributed by atoms with Crippen LogP contribution in [0.15, 0.2) is 60.0 Å². The maximum absolute atomic E-state index is 13.6. The van der Waals surface area contributed by atoms with Crippen LogP contribution in [0.3, 0.4) is 0 Å². The number of benzene rings is 2. The average Bonchev–Trinajstić information content (AvgIpc) is 3.01. The molecular formula is C17H13F2NS. The van der Waals surface area contributed by atoms with Crippen LogP contribution in [0.5, 0.6) is 0 Å². The van der Waals surface area contributed by atoms with E-state index in [1.54, 1.807) is 11.3 Å². The second-order valence-electron chi connectivity index (χ2n) is 4.61. The molecule has 0 saturated heterocycles. The lowest BCUT2D eigenvalue weighted by atomic mass is 10.1. The van der Waals surface area contributed by atoms with E-state index in [-0.39, 0.29) is 0 Å². The van der Waals surface area contributed by atoms with Crippen LogP contribution < -0.4 is 5.32 Å². The first-order chi connectivity index (χ1) is 10.2. The molecule has 4 heteroatoms. The second kappa shape index (κ2) is 6.06. The summed E-state index contributed by atoms with van der Waals surface area (Å²) in [5.41, 5.74) is 2.45. The zero-order chi connectivity index (χ0) is 14.7. The molecule has 0 amide bonds. The van der Waals surface area contributed by atoms with Crippen LogP contribution in [-0.2, 0) is 6.54 Å². The second-order valence-corrected chi connectivity index (χ2v) is 5.56. The Morgan fingerprint density at radius 2 is 1.81 bits per heavy atom. The quantitative estimate of drug-likeness (QED) is 0.689. The molecule has 1 heterocycles. The van der Waals surface area contributed by atoms with Crippen molar-refractivity contribution in [1.82, 2.24) is 0 Å². The molecule has 0 bridgehead atoms. The van der Waals surface area contributed by atoms with Crippen LogP contribution in [0.2, 0.25) is 0 Å². The molecule has 0 unspecified atom stereocenters. The van der Waals surface area contributed by atoms with Gasteiger partial charge in [-0.2, -0.15) is 0 Å². The summed E-state index contributed by atoms with van der Waals surface area (Å²) in [6.45, 7) is 0.314. The molecular weight excluding hydrogens is 288 g/mol. The Labute approximate surface area is 125 Å². The van der Waals surface area contributed by atoms with E-state index in [9.17, 15) is 8.78 Å². The Morgan fingerprint density at radius 3 is 2.57 bits per heavy atom. The molecule has 1 N–H and O–H groups in total. The fourth-order valence-electron chi connectivity index (χ4n) is 2.14. The summed E-state index contributed by atoms with van der Waals surface area (Å²) in [5, 5.41) is 5.24. The molecule has 3 rings (SSSR count). The number of rotatable bonds is 4. The van der Waals surface area contributed by atoms with Gasteiger partial charge in [0.25, 0.3) is 0 Å². The van der Waals surface area contributed by atoms with Gasteiger partial charge in [-0.05, 0) is 23.6 Å². The zero-order valence-electron chi connectivity index (χ0n) is 11.1. The number of hydrogen-bond donors (Lipinski definition) is 1. The van der Waals surface area contributed by atoms with Crippen molar-refractivity contribution < 1.29 is 8.78 Å². The number of halogens is 2. The Morgan fingerprint density at radius 1 is 0.952 bits per heavy atom. The van der Waals surface area contributed by atoms with Crippen LogP contribution in [0, 0.1) is 11.6 Å². The van der Waals surface area contributed by atoms with Gasteiger partial charge >= 0.3 is 0 Å². The van der Waals surface area contributed by atoms with Crippen molar-refractivity contribution in [1.29, 1.82) is 0 Å². The van der Waals surface area contributed by atoms with Gasteiger partial charge in [-0.3, -0.25) is 0 Å². The van der Waals surface area contributed by atoms with Gasteiger partial charge in [-0.1, -0.05) is 30.3 Å². The normalized spacial score (nSPS) is 10.6. The van der Waals surface area contributed by atoms with Crippen molar-refractivity contribution in [2.75, 3.05) is 5.32 Å². The van der Waals surface area contributed by atoms with E-state index in [0.29, 0.717) is 12.1 Å². The van der Waals surface area contributed by atoms with E-state index in [0.717, 1.165) is 22.2 Å². The minimum absolute atomic E-state index is 0.314. The highest BCUT2D eigenvalue weighted by Crippen LogP contribution is 2.31. The fourth-order valence-corrected chi connectivity index (χ4v) is 2.91. The number of nitrogens with one attached hydrogen (secondary N) is 1. The summed E-state index contributed by atoms with van der Waals surface area (Å²) in [7, 11) is 0. The third-order valence-electron chi connectivity index (χ3n) is 3.20. The Bertz CT molecular complexity index is 738. The SMILES string of the molecule is Fc1ccc(CNc2ccccc2-c2cccs2)c(F)c1. The molecule has 1 nitrogen and oxygen atoms in total. The first kappa shape index (κ1) is 13.8. The predicted octanol–water partition coefficient (Wildman–Crippen LogP) is 5.31. The van der Waals surface area contributed by atoms with Crippen LogP contribution in [0.4, 0.5) is 14.5 Å². The topological polar surface area (TPSA) is 12.0 Å². The van der Waals surface area contributed by atoms with E-state index in [1.807, 2.05) is 41.8 Å². The predicted molar refractivity (Wildman–Crippen MR) is 83.4 cm³/mol. The number of thiophene rings is 1. The average molecular weight is 301 g/mol. The highest BCUT2D eigenvalue weighted by Gasteiger charge is 2.07. The van der Waals surface area contributed by atoms with Crippen LogP contribution in [0.25, 0.3) is 10.4 Å². The zero-order valence-corrected chi connectivity index (χ0v) is 12.0. The molecule has 0 aliphatic heterocycles. The molecule has 0 saturated carbocycles. The van der Waals surface area contributed by atoms with Gasteiger partial charge in [-0.25, -0.2) is 8.78 Å². The molecule has 0 radical (unpaired) electrons. The lowest BCUT2D eigenvalue weighted by Crippen LogP contribution is -2.03. The van der Waals surface area contributed by atoms with E-state index in [1.165, 1.54) is 12.1 Å². The van der Waals surface area contributed by atoms with E-state index >= 15 is 0 Å². The van der Waals surface area contributed by atoms with Crippen molar-refractivity contribution in [3.05, 3.63) is 77.2 Å². The van der Waals surface area contributed by atoms with Gasteiger partial charge in [0.15, 0.2) is 0 Å². The van der Waals surface area contributed by atoms with E-state index in [2.05, 4.69) is 5.32 Å². The Hall–Kier alpha value is -2.20. The summed E-state index contributed by atoms with van der Waals surface area (Å²) in [4.78, 5) is 1.15. The molecule has 0 atom stereocenters. The van der Waals surface area contributed by atoms with Gasteiger partial charge in [0.05, 0.1) is 0 Å². The van der Waals surface area contributed by atoms with E-state index in [4.69, 9.17) is 0 Å². The van der Waals surface area contributed by atoms with Gasteiger partial charge in [0.1, 0.15) is 11.6 Å². The summed E-state index contributed by atoms with van der Waals surface area (Å²) in [6, 6.07) is 15.6. The number of para-hydroxylation sites is 1. The maximum atomic E-state index is 13.6. The lowest BCUT2D eigenvalue weighted by molar-refractivity contribution is 0.574. The Kier molecular flexibility index (Phi) is 3.97. The van der Waals surface area contributed by atoms with Crippen molar-refractivity contribution in [3.63, 3.8) is 0 Å². The molecule has 0 aliphatic carbocycles. The minimum Gasteiger partial charge on any atom is -0.380 e. The number of hydrogen-bond acceptors (Lipinski definition) is 2. The molecule has 2 aromatic carbocycles. The van der Waals surface area contributed by atoms with Crippen molar-refractivity contribution in [2.24, 2.45) is 0 Å². The molecule has 0 fully saturated rings. The standard InChI is InChI=1S/C17H13F2NS/c18-13-8-7-12(15(19)10-13)11-20-16-5-2-1-4-14(16)17-6-3-9-21-17/h1-10,20H,11H2. The summed E-state index contributed by atoms with van der Waals surface area (Å²) in [5.74, 6) is -1.09. The number of anilines is 1. The maximum Gasteiger partial charge on any atom is 0.131 e. The van der Waals surface area contributed by atoms with E-state index < -0.39 is 11.6 Å².